The Hall–Kier alpha value is -1.63. The van der Waals surface area contributed by atoms with E-state index in [1.165, 1.54) is 4.90 Å². The molecule has 0 radical (unpaired) electrons. The standard InChI is InChI=1S/C13H20N2O5/c16-11(8-2-1-4-14-6-8)15-5-3-9(12(17)18)10(7-15)13(19)20/h8-10,14H,1-7H2,(H,17,18)(H,19,20)/t8-,9?,10?/m0/s1. The first-order chi connectivity index (χ1) is 9.50. The third-order valence-corrected chi connectivity index (χ3v) is 4.20. The van der Waals surface area contributed by atoms with Gasteiger partial charge in [0.05, 0.1) is 17.8 Å². The first kappa shape index (κ1) is 14.8. The maximum absolute atomic E-state index is 12.3. The Morgan fingerprint density at radius 1 is 1.05 bits per heavy atom. The Labute approximate surface area is 116 Å². The lowest BCUT2D eigenvalue weighted by atomic mass is 9.84. The van der Waals surface area contributed by atoms with E-state index in [0.717, 1.165) is 19.4 Å². The highest BCUT2D eigenvalue weighted by atomic mass is 16.4. The van der Waals surface area contributed by atoms with Gasteiger partial charge in [-0.15, -0.1) is 0 Å². The van der Waals surface area contributed by atoms with Crippen LogP contribution in [0.5, 0.6) is 0 Å². The number of likely N-dealkylation sites (tertiary alicyclic amines) is 1. The van der Waals surface area contributed by atoms with Crippen molar-refractivity contribution >= 4 is 17.8 Å². The van der Waals surface area contributed by atoms with E-state index in [1.807, 2.05) is 0 Å². The van der Waals surface area contributed by atoms with Crippen LogP contribution in [0.25, 0.3) is 0 Å². The van der Waals surface area contributed by atoms with Gasteiger partial charge in [-0.2, -0.15) is 0 Å². The lowest BCUT2D eigenvalue weighted by Crippen LogP contribution is -2.51. The first-order valence-corrected chi connectivity index (χ1v) is 6.96. The Bertz CT molecular complexity index is 406. The van der Waals surface area contributed by atoms with Gasteiger partial charge in [-0.1, -0.05) is 0 Å². The zero-order valence-electron chi connectivity index (χ0n) is 11.2. The van der Waals surface area contributed by atoms with E-state index in [0.29, 0.717) is 13.1 Å². The number of carboxylic acid groups (broad SMARTS) is 2. The number of carboxylic acids is 2. The molecule has 2 aliphatic rings. The zero-order valence-corrected chi connectivity index (χ0v) is 11.2. The van der Waals surface area contributed by atoms with Crippen LogP contribution in [-0.2, 0) is 14.4 Å². The molecular weight excluding hydrogens is 264 g/mol. The zero-order chi connectivity index (χ0) is 14.7. The highest BCUT2D eigenvalue weighted by molar-refractivity contribution is 5.83. The Morgan fingerprint density at radius 2 is 1.75 bits per heavy atom. The maximum atomic E-state index is 12.3. The third kappa shape index (κ3) is 3.09. The molecule has 0 aromatic heterocycles. The predicted molar refractivity (Wildman–Crippen MR) is 69.0 cm³/mol. The summed E-state index contributed by atoms with van der Waals surface area (Å²) in [5, 5.41) is 21.4. The number of hydrogen-bond donors (Lipinski definition) is 3. The van der Waals surface area contributed by atoms with Crippen LogP contribution in [0.15, 0.2) is 0 Å². The van der Waals surface area contributed by atoms with Crippen molar-refractivity contribution < 1.29 is 24.6 Å². The van der Waals surface area contributed by atoms with Gasteiger partial charge < -0.3 is 20.4 Å². The van der Waals surface area contributed by atoms with Gasteiger partial charge in [-0.25, -0.2) is 0 Å². The fourth-order valence-electron chi connectivity index (χ4n) is 3.02. The van der Waals surface area contributed by atoms with Crippen molar-refractivity contribution in [3.63, 3.8) is 0 Å². The molecule has 7 heteroatoms. The van der Waals surface area contributed by atoms with E-state index in [2.05, 4.69) is 5.32 Å². The molecule has 2 rings (SSSR count). The molecule has 3 N–H and O–H groups in total. The van der Waals surface area contributed by atoms with Crippen LogP contribution in [0, 0.1) is 17.8 Å². The minimum atomic E-state index is -1.14. The number of aliphatic carboxylic acids is 2. The molecule has 3 atom stereocenters. The summed E-state index contributed by atoms with van der Waals surface area (Å²) in [6.45, 7) is 1.86. The van der Waals surface area contributed by atoms with Gasteiger partial charge >= 0.3 is 11.9 Å². The van der Waals surface area contributed by atoms with E-state index < -0.39 is 23.8 Å². The minimum Gasteiger partial charge on any atom is -0.481 e. The molecule has 0 aromatic rings. The van der Waals surface area contributed by atoms with E-state index in [9.17, 15) is 14.4 Å². The fraction of sp³-hybridized carbons (Fsp3) is 0.769. The van der Waals surface area contributed by atoms with Crippen molar-refractivity contribution in [2.24, 2.45) is 17.8 Å². The molecule has 2 fully saturated rings. The van der Waals surface area contributed by atoms with Crippen molar-refractivity contribution in [2.75, 3.05) is 26.2 Å². The molecule has 1 amide bonds. The van der Waals surface area contributed by atoms with Gasteiger partial charge in [-0.3, -0.25) is 14.4 Å². The SMILES string of the molecule is O=C(O)C1CCN(C(=O)[C@H]2CCCNC2)CC1C(=O)O. The molecule has 2 saturated heterocycles. The van der Waals surface area contributed by atoms with Crippen molar-refractivity contribution in [2.45, 2.75) is 19.3 Å². The van der Waals surface area contributed by atoms with Gasteiger partial charge in [0.25, 0.3) is 0 Å². The topological polar surface area (TPSA) is 107 Å². The Balaban J connectivity index is 2.02. The van der Waals surface area contributed by atoms with E-state index in [4.69, 9.17) is 10.2 Å². The van der Waals surface area contributed by atoms with E-state index in [-0.39, 0.29) is 24.8 Å². The van der Waals surface area contributed by atoms with Gasteiger partial charge in [0.1, 0.15) is 0 Å². The summed E-state index contributed by atoms with van der Waals surface area (Å²) in [5.74, 6) is -4.31. The van der Waals surface area contributed by atoms with Crippen LogP contribution in [0.2, 0.25) is 0 Å². The molecule has 2 unspecified atom stereocenters. The van der Waals surface area contributed by atoms with Crippen molar-refractivity contribution in [1.29, 1.82) is 0 Å². The number of hydrogen-bond acceptors (Lipinski definition) is 4. The minimum absolute atomic E-state index is 0.00162. The second-order valence-electron chi connectivity index (χ2n) is 5.51. The van der Waals surface area contributed by atoms with E-state index in [1.54, 1.807) is 0 Å². The number of carbonyl (C=O) groups excluding carboxylic acids is 1. The molecule has 20 heavy (non-hydrogen) atoms. The number of carbonyl (C=O) groups is 3. The number of nitrogens with one attached hydrogen (secondary N) is 1. The molecule has 0 aliphatic carbocycles. The summed E-state index contributed by atoms with van der Waals surface area (Å²) in [6, 6.07) is 0. The highest BCUT2D eigenvalue weighted by Crippen LogP contribution is 2.26. The van der Waals surface area contributed by atoms with Crippen LogP contribution < -0.4 is 5.32 Å². The Morgan fingerprint density at radius 3 is 2.30 bits per heavy atom. The lowest BCUT2D eigenvalue weighted by Gasteiger charge is -2.37. The molecule has 2 aliphatic heterocycles. The molecule has 0 aromatic carbocycles. The molecule has 0 bridgehead atoms. The second-order valence-corrected chi connectivity index (χ2v) is 5.51. The molecular formula is C13H20N2O5. The summed E-state index contributed by atoms with van der Waals surface area (Å²) >= 11 is 0. The monoisotopic (exact) mass is 284 g/mol. The largest absolute Gasteiger partial charge is 0.481 e. The van der Waals surface area contributed by atoms with Gasteiger partial charge in [0.2, 0.25) is 5.91 Å². The van der Waals surface area contributed by atoms with Crippen LogP contribution in [0.3, 0.4) is 0 Å². The second kappa shape index (κ2) is 6.21. The normalized spacial score (nSPS) is 30.8. The highest BCUT2D eigenvalue weighted by Gasteiger charge is 2.41. The average Bonchev–Trinajstić information content (AvgIpc) is 2.46. The predicted octanol–water partition coefficient (Wildman–Crippen LogP) is -0.380. The van der Waals surface area contributed by atoms with Gasteiger partial charge in [0.15, 0.2) is 0 Å². The summed E-state index contributed by atoms with van der Waals surface area (Å²) in [6.07, 6.45) is 1.95. The van der Waals surface area contributed by atoms with Crippen LogP contribution in [0.4, 0.5) is 0 Å². The lowest BCUT2D eigenvalue weighted by molar-refractivity contribution is -0.159. The molecule has 0 spiro atoms. The summed E-state index contributed by atoms with van der Waals surface area (Å²) in [4.78, 5) is 36.1. The third-order valence-electron chi connectivity index (χ3n) is 4.20. The first-order valence-electron chi connectivity index (χ1n) is 6.96. The number of nitrogens with zero attached hydrogens (tertiary/aromatic N) is 1. The van der Waals surface area contributed by atoms with Crippen LogP contribution in [-0.4, -0.2) is 59.1 Å². The summed E-state index contributed by atoms with van der Waals surface area (Å²) in [7, 11) is 0. The van der Waals surface area contributed by atoms with Crippen LogP contribution in [0.1, 0.15) is 19.3 Å². The smallest absolute Gasteiger partial charge is 0.309 e. The molecule has 112 valence electrons. The number of piperidine rings is 2. The van der Waals surface area contributed by atoms with Crippen molar-refractivity contribution in [3.05, 3.63) is 0 Å². The molecule has 2 heterocycles. The van der Waals surface area contributed by atoms with Crippen LogP contribution >= 0.6 is 0 Å². The van der Waals surface area contributed by atoms with Gasteiger partial charge in [-0.05, 0) is 25.8 Å². The van der Waals surface area contributed by atoms with E-state index >= 15 is 0 Å². The molecule has 0 saturated carbocycles. The Kier molecular flexibility index (Phi) is 4.59. The van der Waals surface area contributed by atoms with Gasteiger partial charge in [0, 0.05) is 19.6 Å². The summed E-state index contributed by atoms with van der Waals surface area (Å²) in [5.41, 5.74) is 0. The summed E-state index contributed by atoms with van der Waals surface area (Å²) < 4.78 is 0. The number of rotatable bonds is 3. The molecule has 7 nitrogen and oxygen atoms in total. The number of amides is 1. The van der Waals surface area contributed by atoms with Crippen molar-refractivity contribution in [1.82, 2.24) is 10.2 Å². The van der Waals surface area contributed by atoms with Crippen molar-refractivity contribution in [3.8, 4) is 0 Å². The quantitative estimate of drug-likeness (QED) is 0.652. The maximum Gasteiger partial charge on any atom is 0.309 e. The fourth-order valence-corrected chi connectivity index (χ4v) is 3.02. The average molecular weight is 284 g/mol.